The van der Waals surface area contributed by atoms with Crippen LogP contribution in [-0.4, -0.2) is 51.6 Å². The van der Waals surface area contributed by atoms with Crippen LogP contribution in [0.25, 0.3) is 21.5 Å². The van der Waals surface area contributed by atoms with Crippen LogP contribution >= 0.6 is 0 Å². The first-order valence-electron chi connectivity index (χ1n) is 13.4. The maximum Gasteiger partial charge on any atom is 0.568 e. The van der Waals surface area contributed by atoms with Crippen LogP contribution in [0.2, 0.25) is 0 Å². The van der Waals surface area contributed by atoms with Gasteiger partial charge in [-0.15, -0.1) is 0 Å². The van der Waals surface area contributed by atoms with Crippen molar-refractivity contribution in [3.63, 3.8) is 0 Å². The van der Waals surface area contributed by atoms with E-state index in [9.17, 15) is 0 Å². The minimum atomic E-state index is -0.639. The molecule has 10 heteroatoms. The molecule has 42 heavy (non-hydrogen) atoms. The van der Waals surface area contributed by atoms with Crippen LogP contribution in [0.3, 0.4) is 0 Å². The number of aromatic nitrogens is 2. The third kappa shape index (κ3) is 3.00. The lowest BCUT2D eigenvalue weighted by atomic mass is 10.1. The molecule has 4 aliphatic rings. The Hall–Kier alpha value is -5.27. The van der Waals surface area contributed by atoms with E-state index in [4.69, 9.17) is 30.0 Å². The van der Waals surface area contributed by atoms with Crippen molar-refractivity contribution < 1.29 is 5.48 Å². The van der Waals surface area contributed by atoms with E-state index >= 15 is 0 Å². The molecular formula is C32H18AlN8O. The summed E-state index contributed by atoms with van der Waals surface area (Å²) in [7, 11) is 0. The lowest BCUT2D eigenvalue weighted by Gasteiger charge is -2.11. The molecule has 0 atom stereocenters. The molecule has 1 radical (unpaired) electrons. The zero-order chi connectivity index (χ0) is 26.7. The first-order chi connectivity index (χ1) is 20.3. The highest BCUT2D eigenvalue weighted by atomic mass is 27.1. The Morgan fingerprint density at radius 3 is 1.17 bits per heavy atom. The average Bonchev–Trinajstić information content (AvgIpc) is 3.72. The van der Waals surface area contributed by atoms with Gasteiger partial charge < -0.3 is 12.6 Å². The molecule has 0 aliphatic carbocycles. The minimum Gasteiger partial charge on any atom is -0.412 e. The summed E-state index contributed by atoms with van der Waals surface area (Å²) in [6.45, 7) is 0. The van der Waals surface area contributed by atoms with Crippen LogP contribution in [0.5, 0.6) is 0 Å². The van der Waals surface area contributed by atoms with E-state index < -0.39 is 15.7 Å². The summed E-state index contributed by atoms with van der Waals surface area (Å²) in [5.74, 6) is 4.31. The number of rotatable bonds is 0. The summed E-state index contributed by atoms with van der Waals surface area (Å²) < 4.78 is 4.48. The molecule has 0 fully saturated rings. The smallest absolute Gasteiger partial charge is 0.412 e. The number of nitrogens with zero attached hydrogens (tertiary/aromatic N) is 8. The molecule has 6 heterocycles. The van der Waals surface area contributed by atoms with E-state index in [1.54, 1.807) is 0 Å². The van der Waals surface area contributed by atoms with Crippen molar-refractivity contribution in [1.29, 1.82) is 0 Å². The largest absolute Gasteiger partial charge is 0.568 e. The molecule has 9 nitrogen and oxygen atoms in total. The fourth-order valence-electron chi connectivity index (χ4n) is 6.19. The lowest BCUT2D eigenvalue weighted by Crippen LogP contribution is -2.36. The fourth-order valence-corrected chi connectivity index (χ4v) is 7.64. The maximum absolute atomic E-state index is 5.24. The first-order valence-corrected chi connectivity index (χ1v) is 14.4. The molecule has 6 bridgehead atoms. The second-order valence-electron chi connectivity index (χ2n) is 10.3. The van der Waals surface area contributed by atoms with E-state index in [1.165, 1.54) is 0 Å². The number of hydrogen-bond donors (Lipinski definition) is 0. The molecule has 2 aromatic heterocycles. The summed E-state index contributed by atoms with van der Waals surface area (Å²) in [6.07, 6.45) is 0. The van der Waals surface area contributed by atoms with E-state index in [1.807, 2.05) is 24.3 Å². The van der Waals surface area contributed by atoms with E-state index in [2.05, 4.69) is 79.9 Å². The highest BCUT2D eigenvalue weighted by Gasteiger charge is 2.30. The first kappa shape index (κ1) is 23.4. The normalized spacial score (nSPS) is 15.1. The van der Waals surface area contributed by atoms with Crippen LogP contribution in [0, 0.1) is 0 Å². The predicted octanol–water partition coefficient (Wildman–Crippen LogP) is 3.65. The van der Waals surface area contributed by atoms with Crippen molar-refractivity contribution in [2.75, 3.05) is 0 Å². The highest BCUT2D eigenvalue weighted by molar-refractivity contribution is 6.37. The van der Waals surface area contributed by atoms with Crippen LogP contribution in [0.15, 0.2) is 127 Å². The molecule has 4 aromatic carbocycles. The Morgan fingerprint density at radius 2 is 0.738 bits per heavy atom. The molecular weight excluding hydrogens is 539 g/mol. The van der Waals surface area contributed by atoms with Gasteiger partial charge in [-0.25, -0.2) is 30.0 Å². The Morgan fingerprint density at radius 1 is 0.381 bits per heavy atom. The van der Waals surface area contributed by atoms with Crippen LogP contribution in [0.4, 0.5) is 11.6 Å². The van der Waals surface area contributed by atoms with Crippen molar-refractivity contribution in [3.05, 3.63) is 130 Å². The van der Waals surface area contributed by atoms with Crippen LogP contribution in [-0.2, 0) is 0 Å². The monoisotopic (exact) mass is 557 g/mol. The highest BCUT2D eigenvalue weighted by Crippen LogP contribution is 2.39. The zero-order valence-electron chi connectivity index (χ0n) is 21.9. The molecule has 6 aromatic rings. The summed E-state index contributed by atoms with van der Waals surface area (Å²) in [4.78, 5) is 31.0. The Labute approximate surface area is 244 Å². The van der Waals surface area contributed by atoms with Crippen molar-refractivity contribution in [2.24, 2.45) is 30.0 Å². The number of benzene rings is 4. The topological polar surface area (TPSA) is 116 Å². The predicted molar refractivity (Wildman–Crippen MR) is 165 cm³/mol. The number of amidine groups is 4. The van der Waals surface area contributed by atoms with Crippen molar-refractivity contribution in [2.45, 2.75) is 0 Å². The molecule has 2 N–H and O–H groups in total. The Balaban J connectivity index is 0.00000250. The van der Waals surface area contributed by atoms with Crippen molar-refractivity contribution >= 4 is 72.2 Å². The van der Waals surface area contributed by atoms with E-state index in [0.29, 0.717) is 23.3 Å². The van der Waals surface area contributed by atoms with Crippen molar-refractivity contribution in [1.82, 2.24) is 7.10 Å². The second-order valence-corrected chi connectivity index (χ2v) is 11.6. The molecule has 0 unspecified atom stereocenters. The Bertz CT molecular complexity index is 2300. The Kier molecular flexibility index (Phi) is 4.68. The molecule has 0 spiro atoms. The average molecular weight is 558 g/mol. The standard InChI is InChI=1S/C32H16N8.Al.H2O/c1-2-10-18-17(9-1)25-33-26(18)38-28-21-13-5-6-14-22(21)30(35-28)40-32-24-16-8-7-15-23(24)31(36-32)39-29-20-12-4-3-11-19(20)27(34-29)37-25;;/h1-16H;;1H2/q-2;+2;. The third-order valence-corrected chi connectivity index (χ3v) is 9.49. The van der Waals surface area contributed by atoms with E-state index in [-0.39, 0.29) is 5.48 Å². The quantitative estimate of drug-likeness (QED) is 0.254. The number of hydrogen-bond acceptors (Lipinski definition) is 6. The number of fused-ring (bicyclic) bond motifs is 14. The molecule has 195 valence electrons. The van der Waals surface area contributed by atoms with Crippen LogP contribution in [0.1, 0.15) is 22.3 Å². The van der Waals surface area contributed by atoms with Gasteiger partial charge in [-0.3, -0.25) is 0 Å². The third-order valence-electron chi connectivity index (χ3n) is 8.05. The number of aliphatic imine (C=N–C) groups is 4. The molecule has 4 aliphatic heterocycles. The van der Waals surface area contributed by atoms with Gasteiger partial charge in [0, 0.05) is 43.8 Å². The zero-order valence-corrected chi connectivity index (χ0v) is 23.0. The summed E-state index contributed by atoms with van der Waals surface area (Å²) in [6, 6.07) is 33.0. The van der Waals surface area contributed by atoms with Gasteiger partial charge in [-0.1, -0.05) is 97.1 Å². The molecule has 0 saturated heterocycles. The van der Waals surface area contributed by atoms with Crippen LogP contribution < -0.4 is 11.0 Å². The summed E-state index contributed by atoms with van der Waals surface area (Å²) in [5.41, 5.74) is 5.56. The van der Waals surface area contributed by atoms with Gasteiger partial charge in [0.15, 0.2) is 23.3 Å². The van der Waals surface area contributed by atoms with Gasteiger partial charge in [0.05, 0.1) is 0 Å². The van der Waals surface area contributed by atoms with Gasteiger partial charge in [0.1, 0.15) is 22.6 Å². The second kappa shape index (κ2) is 8.38. The lowest BCUT2D eigenvalue weighted by molar-refractivity contribution is 0.824. The van der Waals surface area contributed by atoms with Crippen molar-refractivity contribution in [3.8, 4) is 0 Å². The minimum absolute atomic E-state index is 0. The van der Waals surface area contributed by atoms with Gasteiger partial charge in [0.25, 0.3) is 0 Å². The molecule has 0 amide bonds. The van der Waals surface area contributed by atoms with Gasteiger partial charge in [0.2, 0.25) is 0 Å². The van der Waals surface area contributed by atoms with Gasteiger partial charge >= 0.3 is 15.7 Å². The maximum atomic E-state index is 5.24. The summed E-state index contributed by atoms with van der Waals surface area (Å²) in [5, 5.41) is 4.10. The molecule has 10 rings (SSSR count). The summed E-state index contributed by atoms with van der Waals surface area (Å²) >= 11 is -0.639. The molecule has 0 saturated carbocycles. The van der Waals surface area contributed by atoms with E-state index in [0.717, 1.165) is 66.4 Å². The fraction of sp³-hybridized carbons (Fsp3) is 0. The van der Waals surface area contributed by atoms with Gasteiger partial charge in [-0.2, -0.15) is 0 Å². The van der Waals surface area contributed by atoms with Gasteiger partial charge in [-0.05, 0) is 0 Å². The SMILES string of the molecule is O.c1ccc2c(c1)C1=NC2=Nc2c3ccccc3c3[n]2[Al][n]2c(c4ccccc4c2=NC2=NC(=N3)c3ccccc32)=N1.